The van der Waals surface area contributed by atoms with E-state index in [0.29, 0.717) is 19.3 Å². The zero-order chi connectivity index (χ0) is 52.2. The van der Waals surface area contributed by atoms with Gasteiger partial charge in [-0.2, -0.15) is 0 Å². The smallest absolute Gasteiger partial charge is 0.306 e. The van der Waals surface area contributed by atoms with E-state index in [1.165, 1.54) is 199 Å². The molecule has 0 fully saturated rings. The Hall–Kier alpha value is -2.89. The molecule has 0 bridgehead atoms. The number of allylic oxidation sites excluding steroid dienone is 10. The average Bonchev–Trinajstić information content (AvgIpc) is 3.38. The Labute approximate surface area is 447 Å². The first-order chi connectivity index (χ1) is 35.5. The molecule has 0 saturated carbocycles. The fraction of sp³-hybridized carbons (Fsp3) is 0.803. The number of rotatable bonds is 57. The van der Waals surface area contributed by atoms with Gasteiger partial charge in [-0.3, -0.25) is 14.4 Å². The maximum absolute atomic E-state index is 12.8. The molecule has 6 nitrogen and oxygen atoms in total. The lowest BCUT2D eigenvalue weighted by atomic mass is 10.0. The second-order valence-electron chi connectivity index (χ2n) is 21.0. The number of hydrogen-bond acceptors (Lipinski definition) is 6. The van der Waals surface area contributed by atoms with Gasteiger partial charge in [0.25, 0.3) is 0 Å². The topological polar surface area (TPSA) is 78.9 Å². The minimum Gasteiger partial charge on any atom is -0.462 e. The fourth-order valence-electron chi connectivity index (χ4n) is 9.01. The third-order valence-corrected chi connectivity index (χ3v) is 13.7. The summed E-state index contributed by atoms with van der Waals surface area (Å²) in [4.78, 5) is 38.0. The summed E-state index contributed by atoms with van der Waals surface area (Å²) in [6, 6.07) is 0. The van der Waals surface area contributed by atoms with Crippen LogP contribution in [0.25, 0.3) is 0 Å². The Kier molecular flexibility index (Phi) is 58.2. The lowest BCUT2D eigenvalue weighted by molar-refractivity contribution is -0.167. The quantitative estimate of drug-likeness (QED) is 0.0261. The molecule has 0 N–H and O–H groups in total. The molecule has 72 heavy (non-hydrogen) atoms. The zero-order valence-corrected chi connectivity index (χ0v) is 47.9. The molecule has 0 aliphatic heterocycles. The number of carbonyl (C=O) groups is 3. The van der Waals surface area contributed by atoms with Gasteiger partial charge in [0.2, 0.25) is 0 Å². The SMILES string of the molecule is CCCCCCC/C=C\C/C=C\C/C=C\CCCCCCCCCCC(=O)OC(COC(=O)CCCCCCCC)COC(=O)CCCCCCCCCCCCCCC/C=C\C/C=C\CCCCCCC. The molecule has 0 aromatic rings. The first kappa shape index (κ1) is 69.1. The van der Waals surface area contributed by atoms with E-state index in [4.69, 9.17) is 14.2 Å². The van der Waals surface area contributed by atoms with Gasteiger partial charge < -0.3 is 14.2 Å². The van der Waals surface area contributed by atoms with Gasteiger partial charge in [0, 0.05) is 19.3 Å². The largest absolute Gasteiger partial charge is 0.462 e. The molecule has 0 aliphatic carbocycles. The summed E-state index contributed by atoms with van der Waals surface area (Å²) in [7, 11) is 0. The van der Waals surface area contributed by atoms with Crippen LogP contribution < -0.4 is 0 Å². The Morgan fingerprint density at radius 2 is 0.500 bits per heavy atom. The Balaban J connectivity index is 4.10. The van der Waals surface area contributed by atoms with Gasteiger partial charge in [-0.1, -0.05) is 274 Å². The van der Waals surface area contributed by atoms with Crippen molar-refractivity contribution in [3.63, 3.8) is 0 Å². The molecule has 0 aromatic heterocycles. The molecule has 1 atom stereocenters. The molecule has 0 amide bonds. The van der Waals surface area contributed by atoms with E-state index in [-0.39, 0.29) is 31.1 Å². The minimum atomic E-state index is -0.775. The summed E-state index contributed by atoms with van der Waals surface area (Å²) in [6.45, 7) is 6.58. The molecule has 0 aliphatic rings. The third-order valence-electron chi connectivity index (χ3n) is 13.7. The molecule has 0 radical (unpaired) electrons. The van der Waals surface area contributed by atoms with Gasteiger partial charge in [-0.25, -0.2) is 0 Å². The van der Waals surface area contributed by atoms with Crippen LogP contribution in [-0.2, 0) is 28.6 Å². The zero-order valence-electron chi connectivity index (χ0n) is 47.9. The predicted molar refractivity (Wildman–Crippen MR) is 312 cm³/mol. The highest BCUT2D eigenvalue weighted by Gasteiger charge is 2.19. The van der Waals surface area contributed by atoms with Crippen LogP contribution in [0.3, 0.4) is 0 Å². The van der Waals surface area contributed by atoms with Crippen LogP contribution in [-0.4, -0.2) is 37.2 Å². The van der Waals surface area contributed by atoms with Crippen LogP contribution in [0, 0.1) is 0 Å². The van der Waals surface area contributed by atoms with E-state index < -0.39 is 6.10 Å². The summed E-state index contributed by atoms with van der Waals surface area (Å²) in [5.41, 5.74) is 0. The van der Waals surface area contributed by atoms with Crippen LogP contribution in [0.1, 0.15) is 323 Å². The van der Waals surface area contributed by atoms with Gasteiger partial charge in [0.1, 0.15) is 13.2 Å². The fourth-order valence-corrected chi connectivity index (χ4v) is 9.01. The van der Waals surface area contributed by atoms with Crippen molar-refractivity contribution < 1.29 is 28.6 Å². The maximum atomic E-state index is 12.8. The Bertz CT molecular complexity index is 1290. The lowest BCUT2D eigenvalue weighted by Crippen LogP contribution is -2.30. The average molecular weight is 1010 g/mol. The first-order valence-electron chi connectivity index (χ1n) is 31.3. The summed E-state index contributed by atoms with van der Waals surface area (Å²) in [6.07, 6.45) is 76.8. The van der Waals surface area contributed by atoms with E-state index in [0.717, 1.165) is 83.5 Å². The van der Waals surface area contributed by atoms with E-state index in [1.54, 1.807) is 0 Å². The van der Waals surface area contributed by atoms with E-state index in [2.05, 4.69) is 81.5 Å². The second-order valence-corrected chi connectivity index (χ2v) is 21.0. The van der Waals surface area contributed by atoms with Gasteiger partial charge >= 0.3 is 17.9 Å². The normalized spacial score (nSPS) is 12.4. The van der Waals surface area contributed by atoms with Crippen molar-refractivity contribution >= 4 is 17.9 Å². The molecule has 0 heterocycles. The molecule has 0 rings (SSSR count). The molecule has 0 saturated heterocycles. The monoisotopic (exact) mass is 1010 g/mol. The number of carbonyl (C=O) groups excluding carboxylic acids is 3. The third kappa shape index (κ3) is 58.0. The summed E-state index contributed by atoms with van der Waals surface area (Å²) in [5, 5.41) is 0. The maximum Gasteiger partial charge on any atom is 0.306 e. The number of hydrogen-bond donors (Lipinski definition) is 0. The molecular formula is C66H118O6. The van der Waals surface area contributed by atoms with Crippen LogP contribution in [0.15, 0.2) is 60.8 Å². The Morgan fingerprint density at radius 1 is 0.278 bits per heavy atom. The van der Waals surface area contributed by atoms with E-state index >= 15 is 0 Å². The van der Waals surface area contributed by atoms with Crippen LogP contribution in [0.4, 0.5) is 0 Å². The standard InChI is InChI=1S/C66H118O6/c1-4-7-10-13-16-18-20-22-24-26-28-30-32-33-35-36-38-40-42-44-46-48-50-53-56-59-65(68)71-62-63(61-70-64(67)58-55-52-15-12-9-6-3)72-66(69)60-57-54-51-49-47-45-43-41-39-37-34-31-29-27-25-23-21-19-17-14-11-8-5-2/h20-23,26-29,34,37,63H,4-19,24-25,30-33,35-36,38-62H2,1-3H3/b22-20-,23-21-,28-26-,29-27-,37-34-. The highest BCUT2D eigenvalue weighted by molar-refractivity contribution is 5.71. The van der Waals surface area contributed by atoms with Crippen molar-refractivity contribution in [3.8, 4) is 0 Å². The van der Waals surface area contributed by atoms with Crippen LogP contribution in [0.5, 0.6) is 0 Å². The van der Waals surface area contributed by atoms with Gasteiger partial charge in [-0.15, -0.1) is 0 Å². The molecule has 6 heteroatoms. The van der Waals surface area contributed by atoms with E-state index in [9.17, 15) is 14.4 Å². The van der Waals surface area contributed by atoms with Gasteiger partial charge in [-0.05, 0) is 89.9 Å². The lowest BCUT2D eigenvalue weighted by Gasteiger charge is -2.18. The highest BCUT2D eigenvalue weighted by atomic mass is 16.6. The molecule has 418 valence electrons. The minimum absolute atomic E-state index is 0.0757. The first-order valence-corrected chi connectivity index (χ1v) is 31.3. The van der Waals surface area contributed by atoms with Crippen LogP contribution in [0.2, 0.25) is 0 Å². The van der Waals surface area contributed by atoms with Crippen molar-refractivity contribution in [2.75, 3.05) is 13.2 Å². The van der Waals surface area contributed by atoms with Crippen molar-refractivity contribution in [1.82, 2.24) is 0 Å². The second kappa shape index (κ2) is 60.7. The van der Waals surface area contributed by atoms with Crippen LogP contribution >= 0.6 is 0 Å². The summed E-state index contributed by atoms with van der Waals surface area (Å²) >= 11 is 0. The van der Waals surface area contributed by atoms with Crippen molar-refractivity contribution in [2.45, 2.75) is 329 Å². The number of unbranched alkanes of at least 4 members (excludes halogenated alkanes) is 36. The molecule has 0 aromatic carbocycles. The number of esters is 3. The molecular weight excluding hydrogens is 889 g/mol. The summed E-state index contributed by atoms with van der Waals surface area (Å²) in [5.74, 6) is -0.881. The Morgan fingerprint density at radius 3 is 0.778 bits per heavy atom. The molecule has 1 unspecified atom stereocenters. The molecule has 0 spiro atoms. The predicted octanol–water partition coefficient (Wildman–Crippen LogP) is 21.2. The number of ether oxygens (including phenoxy) is 3. The highest BCUT2D eigenvalue weighted by Crippen LogP contribution is 2.16. The van der Waals surface area contributed by atoms with E-state index in [1.807, 2.05) is 0 Å². The van der Waals surface area contributed by atoms with Gasteiger partial charge in [0.05, 0.1) is 0 Å². The van der Waals surface area contributed by atoms with Crippen molar-refractivity contribution in [2.24, 2.45) is 0 Å². The van der Waals surface area contributed by atoms with Crippen molar-refractivity contribution in [3.05, 3.63) is 60.8 Å². The van der Waals surface area contributed by atoms with Crippen molar-refractivity contribution in [1.29, 1.82) is 0 Å². The summed E-state index contributed by atoms with van der Waals surface area (Å²) < 4.78 is 16.8. The van der Waals surface area contributed by atoms with Gasteiger partial charge in [0.15, 0.2) is 6.10 Å².